The van der Waals surface area contributed by atoms with Gasteiger partial charge in [-0.05, 0) is 81.7 Å². The van der Waals surface area contributed by atoms with E-state index in [1.165, 1.54) is 4.90 Å². The Bertz CT molecular complexity index is 1000. The van der Waals surface area contributed by atoms with Gasteiger partial charge in [0.05, 0.1) is 5.69 Å². The van der Waals surface area contributed by atoms with Gasteiger partial charge in [0.25, 0.3) is 11.8 Å². The van der Waals surface area contributed by atoms with Crippen LogP contribution in [-0.2, 0) is 16.1 Å². The molecule has 2 heterocycles. The summed E-state index contributed by atoms with van der Waals surface area (Å²) in [6.07, 6.45) is 1.66. The fourth-order valence-electron chi connectivity index (χ4n) is 3.45. The van der Waals surface area contributed by atoms with Crippen molar-refractivity contribution in [3.05, 3.63) is 57.9 Å². The zero-order chi connectivity index (χ0) is 19.9. The van der Waals surface area contributed by atoms with Crippen LogP contribution >= 0.6 is 12.2 Å². The molecular weight excluding hydrogens is 358 g/mol. The summed E-state index contributed by atoms with van der Waals surface area (Å²) in [7, 11) is 0. The Balaban J connectivity index is 2.09. The molecule has 1 saturated heterocycles. The number of rotatable bonds is 3. The van der Waals surface area contributed by atoms with Gasteiger partial charge in [0.15, 0.2) is 5.11 Å². The molecule has 1 N–H and O–H groups in total. The van der Waals surface area contributed by atoms with Gasteiger partial charge in [-0.3, -0.25) is 19.8 Å². The topological polar surface area (TPSA) is 54.3 Å². The Hall–Kier alpha value is -2.73. The summed E-state index contributed by atoms with van der Waals surface area (Å²) in [6, 6.07) is 7.81. The molecule has 0 radical (unpaired) electrons. The van der Waals surface area contributed by atoms with Gasteiger partial charge in [0.2, 0.25) is 0 Å². The highest BCUT2D eigenvalue weighted by molar-refractivity contribution is 7.80. The van der Waals surface area contributed by atoms with E-state index in [4.69, 9.17) is 12.2 Å². The molecule has 1 aromatic heterocycles. The summed E-state index contributed by atoms with van der Waals surface area (Å²) in [6.45, 7) is 10.8. The lowest BCUT2D eigenvalue weighted by molar-refractivity contribution is -0.122. The second-order valence-electron chi connectivity index (χ2n) is 6.82. The third kappa shape index (κ3) is 3.32. The lowest BCUT2D eigenvalue weighted by Crippen LogP contribution is -2.54. The Morgan fingerprint density at radius 1 is 1.11 bits per heavy atom. The van der Waals surface area contributed by atoms with Crippen molar-refractivity contribution in [2.75, 3.05) is 4.90 Å². The maximum atomic E-state index is 13.2. The molecule has 0 unspecified atom stereocenters. The average Bonchev–Trinajstić information content (AvgIpc) is 2.87. The number of nitrogens with zero attached hydrogens (tertiary/aromatic N) is 2. The summed E-state index contributed by atoms with van der Waals surface area (Å²) in [4.78, 5) is 27.1. The van der Waals surface area contributed by atoms with Crippen LogP contribution in [0.4, 0.5) is 5.69 Å². The SMILES string of the molecule is CCn1c(C)cc(/C=C2\C(=O)NC(=S)N(c3cc(C)ccc3C)C2=O)c1C. The second kappa shape index (κ2) is 7.12. The Morgan fingerprint density at radius 3 is 2.44 bits per heavy atom. The summed E-state index contributed by atoms with van der Waals surface area (Å²) >= 11 is 5.30. The lowest BCUT2D eigenvalue weighted by atomic mass is 10.0. The summed E-state index contributed by atoms with van der Waals surface area (Å²) in [5, 5.41) is 2.76. The molecule has 6 heteroatoms. The zero-order valence-corrected chi connectivity index (χ0v) is 17.0. The van der Waals surface area contributed by atoms with Crippen LogP contribution in [0.3, 0.4) is 0 Å². The van der Waals surface area contributed by atoms with Crippen LogP contribution in [0, 0.1) is 27.7 Å². The average molecular weight is 382 g/mol. The second-order valence-corrected chi connectivity index (χ2v) is 7.21. The van der Waals surface area contributed by atoms with Crippen LogP contribution in [-0.4, -0.2) is 21.5 Å². The number of hydrogen-bond acceptors (Lipinski definition) is 3. The first-order valence-corrected chi connectivity index (χ1v) is 9.30. The van der Waals surface area contributed by atoms with Crippen LogP contribution in [0.1, 0.15) is 35.0 Å². The Morgan fingerprint density at radius 2 is 1.81 bits per heavy atom. The highest BCUT2D eigenvalue weighted by Crippen LogP contribution is 2.27. The number of nitrogens with one attached hydrogen (secondary N) is 1. The molecule has 3 rings (SSSR count). The van der Waals surface area contributed by atoms with Gasteiger partial charge in [-0.15, -0.1) is 0 Å². The van der Waals surface area contributed by atoms with Gasteiger partial charge in [-0.25, -0.2) is 0 Å². The predicted octanol–water partition coefficient (Wildman–Crippen LogP) is 3.57. The van der Waals surface area contributed by atoms with Gasteiger partial charge in [-0.1, -0.05) is 12.1 Å². The number of carbonyl (C=O) groups is 2. The molecule has 0 spiro atoms. The highest BCUT2D eigenvalue weighted by atomic mass is 32.1. The van der Waals surface area contributed by atoms with E-state index in [1.807, 2.05) is 52.0 Å². The maximum Gasteiger partial charge on any atom is 0.270 e. The number of benzene rings is 1. The van der Waals surface area contributed by atoms with Gasteiger partial charge < -0.3 is 4.57 Å². The van der Waals surface area contributed by atoms with E-state index in [9.17, 15) is 9.59 Å². The number of carbonyl (C=O) groups excluding carboxylic acids is 2. The molecule has 0 bridgehead atoms. The van der Waals surface area contributed by atoms with E-state index >= 15 is 0 Å². The van der Waals surface area contributed by atoms with Crippen LogP contribution in [0.15, 0.2) is 29.8 Å². The standard InChI is InChI=1S/C21H23N3O2S/c1-6-23-14(4)10-16(15(23)5)11-17-19(25)22-21(27)24(20(17)26)18-9-12(2)7-8-13(18)3/h7-11H,6H2,1-5H3,(H,22,25,27)/b17-11+. The minimum absolute atomic E-state index is 0.0841. The largest absolute Gasteiger partial charge is 0.349 e. The summed E-state index contributed by atoms with van der Waals surface area (Å²) in [5.41, 5.74) is 5.68. The highest BCUT2D eigenvalue weighted by Gasteiger charge is 2.35. The number of anilines is 1. The van der Waals surface area contributed by atoms with Crippen molar-refractivity contribution in [2.24, 2.45) is 0 Å². The molecule has 0 aliphatic carbocycles. The number of thiocarbonyl (C=S) groups is 1. The minimum atomic E-state index is -0.465. The first-order valence-electron chi connectivity index (χ1n) is 8.90. The molecule has 2 aromatic rings. The molecule has 1 fully saturated rings. The van der Waals surface area contributed by atoms with E-state index < -0.39 is 11.8 Å². The third-order valence-corrected chi connectivity index (χ3v) is 5.22. The molecule has 1 aliphatic heterocycles. The normalized spacial score (nSPS) is 16.3. The van der Waals surface area contributed by atoms with Crippen molar-refractivity contribution in [3.8, 4) is 0 Å². The number of amides is 2. The van der Waals surface area contributed by atoms with Crippen molar-refractivity contribution >= 4 is 40.9 Å². The molecule has 140 valence electrons. The van der Waals surface area contributed by atoms with Crippen molar-refractivity contribution in [3.63, 3.8) is 0 Å². The van der Waals surface area contributed by atoms with Crippen molar-refractivity contribution < 1.29 is 9.59 Å². The van der Waals surface area contributed by atoms with Crippen LogP contribution in [0.2, 0.25) is 0 Å². The smallest absolute Gasteiger partial charge is 0.270 e. The Kier molecular flexibility index (Phi) is 5.02. The molecule has 2 amide bonds. The molecule has 0 atom stereocenters. The van der Waals surface area contributed by atoms with E-state index in [2.05, 4.69) is 16.8 Å². The summed E-state index contributed by atoms with van der Waals surface area (Å²) in [5.74, 6) is -0.869. The van der Waals surface area contributed by atoms with E-state index in [0.717, 1.165) is 34.6 Å². The molecular formula is C21H23N3O2S. The lowest BCUT2D eigenvalue weighted by Gasteiger charge is -2.30. The van der Waals surface area contributed by atoms with Gasteiger partial charge in [0, 0.05) is 17.9 Å². The van der Waals surface area contributed by atoms with E-state index in [1.54, 1.807) is 6.08 Å². The van der Waals surface area contributed by atoms with Gasteiger partial charge in [-0.2, -0.15) is 0 Å². The molecule has 5 nitrogen and oxygen atoms in total. The zero-order valence-electron chi connectivity index (χ0n) is 16.2. The van der Waals surface area contributed by atoms with Crippen LogP contribution in [0.5, 0.6) is 0 Å². The van der Waals surface area contributed by atoms with Crippen molar-refractivity contribution in [2.45, 2.75) is 41.2 Å². The van der Waals surface area contributed by atoms with E-state index in [-0.39, 0.29) is 10.7 Å². The van der Waals surface area contributed by atoms with Gasteiger partial charge >= 0.3 is 0 Å². The molecule has 1 aliphatic rings. The quantitative estimate of drug-likeness (QED) is 0.502. The third-order valence-electron chi connectivity index (χ3n) is 4.94. The molecule has 1 aromatic carbocycles. The first-order chi connectivity index (χ1) is 12.7. The van der Waals surface area contributed by atoms with Crippen molar-refractivity contribution in [1.29, 1.82) is 0 Å². The predicted molar refractivity (Wildman–Crippen MR) is 112 cm³/mol. The fourth-order valence-corrected chi connectivity index (χ4v) is 3.73. The minimum Gasteiger partial charge on any atom is -0.349 e. The van der Waals surface area contributed by atoms with Crippen LogP contribution in [0.25, 0.3) is 6.08 Å². The molecule has 0 saturated carbocycles. The maximum absolute atomic E-state index is 13.2. The summed E-state index contributed by atoms with van der Waals surface area (Å²) < 4.78 is 2.14. The number of hydrogen-bond donors (Lipinski definition) is 1. The number of aryl methyl sites for hydroxylation is 3. The van der Waals surface area contributed by atoms with E-state index in [0.29, 0.717) is 5.69 Å². The monoisotopic (exact) mass is 381 g/mol. The first kappa shape index (κ1) is 19.0. The van der Waals surface area contributed by atoms with Crippen LogP contribution < -0.4 is 10.2 Å². The fraction of sp³-hybridized carbons (Fsp3) is 0.286. The van der Waals surface area contributed by atoms with Crippen molar-refractivity contribution in [1.82, 2.24) is 9.88 Å². The Labute approximate surface area is 164 Å². The van der Waals surface area contributed by atoms with Gasteiger partial charge in [0.1, 0.15) is 5.57 Å². The number of aromatic nitrogens is 1. The molecule has 27 heavy (non-hydrogen) atoms.